The van der Waals surface area contributed by atoms with Crippen LogP contribution in [0.25, 0.3) is 17.0 Å². The molecule has 0 unspecified atom stereocenters. The van der Waals surface area contributed by atoms with Crippen molar-refractivity contribution < 1.29 is 4.39 Å². The minimum Gasteiger partial charge on any atom is -0.376 e. The lowest BCUT2D eigenvalue weighted by Gasteiger charge is -2.29. The van der Waals surface area contributed by atoms with E-state index < -0.39 is 11.4 Å². The molecular weight excluding hydrogens is 231 g/mol. The molecule has 92 valence electrons. The van der Waals surface area contributed by atoms with Crippen LogP contribution < -0.4 is 10.9 Å². The normalized spacial score (nSPS) is 16.4. The fourth-order valence-corrected chi connectivity index (χ4v) is 2.18. The second-order valence-corrected chi connectivity index (χ2v) is 5.15. The van der Waals surface area contributed by atoms with E-state index in [1.165, 1.54) is 6.07 Å². The van der Waals surface area contributed by atoms with Gasteiger partial charge < -0.3 is 10.3 Å². The number of hydrogen-bond donors (Lipinski definition) is 2. The highest BCUT2D eigenvalue weighted by Gasteiger charge is 2.19. The molecule has 0 bridgehead atoms. The van der Waals surface area contributed by atoms with Gasteiger partial charge in [-0.05, 0) is 37.6 Å². The molecule has 18 heavy (non-hydrogen) atoms. The van der Waals surface area contributed by atoms with Crippen molar-refractivity contribution in [3.05, 3.63) is 46.0 Å². The van der Waals surface area contributed by atoms with Crippen LogP contribution in [0.1, 0.15) is 19.4 Å². The molecule has 1 aromatic heterocycles. The monoisotopic (exact) mass is 244 g/mol. The minimum absolute atomic E-state index is 0.124. The number of hydrogen-bond acceptors (Lipinski definition) is 2. The molecule has 1 aliphatic heterocycles. The van der Waals surface area contributed by atoms with Crippen molar-refractivity contribution >= 4 is 22.7 Å². The maximum atomic E-state index is 13.2. The van der Waals surface area contributed by atoms with Crippen LogP contribution in [0.2, 0.25) is 0 Å². The topological polar surface area (TPSA) is 44.9 Å². The molecule has 0 atom stereocenters. The molecule has 0 saturated carbocycles. The summed E-state index contributed by atoms with van der Waals surface area (Å²) in [6, 6.07) is 4.97. The highest BCUT2D eigenvalue weighted by Crippen LogP contribution is 2.30. The van der Waals surface area contributed by atoms with Crippen LogP contribution in [0.5, 0.6) is 0 Å². The Morgan fingerprint density at radius 1 is 1.22 bits per heavy atom. The van der Waals surface area contributed by atoms with Gasteiger partial charge in [-0.25, -0.2) is 4.39 Å². The zero-order valence-electron chi connectivity index (χ0n) is 10.2. The van der Waals surface area contributed by atoms with Gasteiger partial charge in [0.25, 0.3) is 5.56 Å². The predicted octanol–water partition coefficient (Wildman–Crippen LogP) is 2.88. The predicted molar refractivity (Wildman–Crippen MR) is 71.3 cm³/mol. The van der Waals surface area contributed by atoms with Gasteiger partial charge in [-0.2, -0.15) is 0 Å². The standard InChI is InChI=1S/C14H13FN2O/c1-14(2)4-3-8-5-9-6-10(15)13(18)16-11(9)7-12(8)17-14/h3-7,17H,1-2H3,(H,16,18). The number of pyridine rings is 1. The number of aromatic amines is 1. The molecule has 0 saturated heterocycles. The molecule has 0 radical (unpaired) electrons. The van der Waals surface area contributed by atoms with Crippen LogP contribution in [-0.4, -0.2) is 10.5 Å². The highest BCUT2D eigenvalue weighted by molar-refractivity contribution is 5.88. The Morgan fingerprint density at radius 2 is 2.00 bits per heavy atom. The highest BCUT2D eigenvalue weighted by atomic mass is 19.1. The van der Waals surface area contributed by atoms with Gasteiger partial charge in [-0.1, -0.05) is 12.2 Å². The molecule has 3 nitrogen and oxygen atoms in total. The van der Waals surface area contributed by atoms with Crippen LogP contribution in [-0.2, 0) is 0 Å². The molecule has 0 aliphatic carbocycles. The molecule has 4 heteroatoms. The van der Waals surface area contributed by atoms with E-state index in [1.807, 2.05) is 18.2 Å². The van der Waals surface area contributed by atoms with Crippen molar-refractivity contribution in [1.29, 1.82) is 0 Å². The lowest BCUT2D eigenvalue weighted by atomic mass is 9.96. The first-order chi connectivity index (χ1) is 8.44. The maximum absolute atomic E-state index is 13.2. The number of nitrogens with one attached hydrogen (secondary N) is 2. The Bertz CT molecular complexity index is 728. The van der Waals surface area contributed by atoms with Crippen LogP contribution in [0.3, 0.4) is 0 Å². The Balaban J connectivity index is 2.28. The molecule has 3 rings (SSSR count). The second kappa shape index (κ2) is 3.45. The van der Waals surface area contributed by atoms with E-state index in [4.69, 9.17) is 0 Å². The van der Waals surface area contributed by atoms with Gasteiger partial charge in [0.1, 0.15) is 0 Å². The van der Waals surface area contributed by atoms with Gasteiger partial charge in [-0.15, -0.1) is 0 Å². The van der Waals surface area contributed by atoms with Crippen molar-refractivity contribution in [1.82, 2.24) is 4.98 Å². The number of aromatic nitrogens is 1. The van der Waals surface area contributed by atoms with Crippen LogP contribution in [0, 0.1) is 5.82 Å². The van der Waals surface area contributed by atoms with Gasteiger partial charge in [0.2, 0.25) is 0 Å². The third kappa shape index (κ3) is 1.70. The van der Waals surface area contributed by atoms with E-state index in [-0.39, 0.29) is 5.54 Å². The van der Waals surface area contributed by atoms with Crippen molar-refractivity contribution in [2.75, 3.05) is 5.32 Å². The van der Waals surface area contributed by atoms with Crippen molar-refractivity contribution in [2.24, 2.45) is 0 Å². The van der Waals surface area contributed by atoms with E-state index in [9.17, 15) is 9.18 Å². The second-order valence-electron chi connectivity index (χ2n) is 5.15. The minimum atomic E-state index is -0.754. The fourth-order valence-electron chi connectivity index (χ4n) is 2.18. The lowest BCUT2D eigenvalue weighted by molar-refractivity contribution is 0.612. The van der Waals surface area contributed by atoms with Crippen LogP contribution in [0.4, 0.5) is 10.1 Å². The largest absolute Gasteiger partial charge is 0.376 e. The number of anilines is 1. The number of benzene rings is 1. The van der Waals surface area contributed by atoms with Crippen molar-refractivity contribution in [2.45, 2.75) is 19.4 Å². The molecule has 2 N–H and O–H groups in total. The molecule has 2 aromatic rings. The Kier molecular flexibility index (Phi) is 2.11. The van der Waals surface area contributed by atoms with E-state index >= 15 is 0 Å². The van der Waals surface area contributed by atoms with E-state index in [1.54, 1.807) is 0 Å². The number of rotatable bonds is 0. The van der Waals surface area contributed by atoms with Crippen LogP contribution in [0.15, 0.2) is 29.1 Å². The molecular formula is C14H13FN2O. The quantitative estimate of drug-likeness (QED) is 0.748. The SMILES string of the molecule is CC1(C)C=Cc2cc3cc(F)c(=O)[nH]c3cc2N1. The summed E-state index contributed by atoms with van der Waals surface area (Å²) in [5, 5.41) is 4.05. The molecule has 0 amide bonds. The Labute approximate surface area is 103 Å². The summed E-state index contributed by atoms with van der Waals surface area (Å²) in [5.74, 6) is -0.754. The van der Waals surface area contributed by atoms with E-state index in [0.29, 0.717) is 10.9 Å². The average molecular weight is 244 g/mol. The number of fused-ring (bicyclic) bond motifs is 2. The van der Waals surface area contributed by atoms with Gasteiger partial charge in [0.15, 0.2) is 5.82 Å². The summed E-state index contributed by atoms with van der Waals surface area (Å²) >= 11 is 0. The summed E-state index contributed by atoms with van der Waals surface area (Å²) in [6.45, 7) is 4.12. The molecule has 1 aliphatic rings. The summed E-state index contributed by atoms with van der Waals surface area (Å²) in [4.78, 5) is 13.8. The van der Waals surface area contributed by atoms with Gasteiger partial charge in [-0.3, -0.25) is 4.79 Å². The summed E-state index contributed by atoms with van der Waals surface area (Å²) in [6.07, 6.45) is 4.07. The molecule has 0 fully saturated rings. The lowest BCUT2D eigenvalue weighted by Crippen LogP contribution is -2.30. The average Bonchev–Trinajstić information content (AvgIpc) is 2.28. The van der Waals surface area contributed by atoms with Crippen molar-refractivity contribution in [3.8, 4) is 0 Å². The van der Waals surface area contributed by atoms with E-state index in [0.717, 1.165) is 11.3 Å². The summed E-state index contributed by atoms with van der Waals surface area (Å²) in [7, 11) is 0. The Hall–Kier alpha value is -2.10. The number of halogens is 1. The van der Waals surface area contributed by atoms with Crippen molar-refractivity contribution in [3.63, 3.8) is 0 Å². The molecule has 2 heterocycles. The maximum Gasteiger partial charge on any atom is 0.284 e. The van der Waals surface area contributed by atoms with Gasteiger partial charge in [0, 0.05) is 11.1 Å². The summed E-state index contributed by atoms with van der Waals surface area (Å²) in [5.41, 5.74) is 1.76. The molecule has 1 aromatic carbocycles. The van der Waals surface area contributed by atoms with Gasteiger partial charge >= 0.3 is 0 Å². The van der Waals surface area contributed by atoms with Gasteiger partial charge in [0.05, 0.1) is 11.1 Å². The van der Waals surface area contributed by atoms with E-state index in [2.05, 4.69) is 30.2 Å². The molecule has 0 spiro atoms. The number of H-pyrrole nitrogens is 1. The Morgan fingerprint density at radius 3 is 2.78 bits per heavy atom. The summed E-state index contributed by atoms with van der Waals surface area (Å²) < 4.78 is 13.2. The first-order valence-electron chi connectivity index (χ1n) is 5.79. The first kappa shape index (κ1) is 11.0. The zero-order chi connectivity index (χ0) is 12.9. The van der Waals surface area contributed by atoms with Crippen LogP contribution >= 0.6 is 0 Å². The smallest absolute Gasteiger partial charge is 0.284 e. The first-order valence-corrected chi connectivity index (χ1v) is 5.79. The zero-order valence-corrected chi connectivity index (χ0v) is 10.2. The third-order valence-corrected chi connectivity index (χ3v) is 3.11. The third-order valence-electron chi connectivity index (χ3n) is 3.11. The fraction of sp³-hybridized carbons (Fsp3) is 0.214.